The topological polar surface area (TPSA) is 29.5 Å². The van der Waals surface area contributed by atoms with Gasteiger partial charge >= 0.3 is 0 Å². The number of rotatable bonds is 7. The highest BCUT2D eigenvalue weighted by molar-refractivity contribution is 7.18. The lowest BCUT2D eigenvalue weighted by molar-refractivity contribution is 0.0791. The number of thiophene rings is 1. The summed E-state index contributed by atoms with van der Waals surface area (Å²) in [6, 6.07) is 3.78. The molecule has 3 nitrogen and oxygen atoms in total. The molecule has 0 saturated carbocycles. The molecule has 0 N–H and O–H groups in total. The summed E-state index contributed by atoms with van der Waals surface area (Å²) in [5.74, 6) is 0.117. The zero-order valence-electron chi connectivity index (χ0n) is 10.4. The maximum absolute atomic E-state index is 12.0. The minimum Gasteiger partial charge on any atom is -0.383 e. The molecule has 0 fully saturated rings. The molecule has 1 heterocycles. The summed E-state index contributed by atoms with van der Waals surface area (Å²) in [6.45, 7) is 5.97. The molecule has 0 aromatic carbocycles. The van der Waals surface area contributed by atoms with Gasteiger partial charge < -0.3 is 4.74 Å². The van der Waals surface area contributed by atoms with Crippen molar-refractivity contribution in [2.75, 3.05) is 26.8 Å². The van der Waals surface area contributed by atoms with E-state index in [4.69, 9.17) is 16.3 Å². The van der Waals surface area contributed by atoms with Crippen LogP contribution < -0.4 is 0 Å². The first-order valence-corrected chi connectivity index (χ1v) is 6.79. The van der Waals surface area contributed by atoms with E-state index in [1.807, 2.05) is 6.92 Å². The van der Waals surface area contributed by atoms with Crippen molar-refractivity contribution in [3.05, 3.63) is 21.3 Å². The van der Waals surface area contributed by atoms with E-state index in [0.717, 1.165) is 11.4 Å². The van der Waals surface area contributed by atoms with E-state index in [2.05, 4.69) is 11.8 Å². The molecule has 17 heavy (non-hydrogen) atoms. The van der Waals surface area contributed by atoms with Crippen molar-refractivity contribution in [1.29, 1.82) is 0 Å². The molecule has 1 unspecified atom stereocenters. The van der Waals surface area contributed by atoms with Gasteiger partial charge in [0.25, 0.3) is 0 Å². The highest BCUT2D eigenvalue weighted by atomic mass is 35.5. The van der Waals surface area contributed by atoms with Crippen molar-refractivity contribution >= 4 is 28.7 Å². The molecule has 5 heteroatoms. The smallest absolute Gasteiger partial charge is 0.186 e. The van der Waals surface area contributed by atoms with E-state index in [1.54, 1.807) is 19.2 Å². The predicted octanol–water partition coefficient (Wildman–Crippen LogP) is 2.94. The van der Waals surface area contributed by atoms with Crippen LogP contribution in [-0.2, 0) is 4.74 Å². The molecule has 0 aliphatic carbocycles. The van der Waals surface area contributed by atoms with Crippen LogP contribution in [0.1, 0.15) is 23.5 Å². The second-order valence-corrected chi connectivity index (χ2v) is 5.61. The van der Waals surface area contributed by atoms with Gasteiger partial charge in [-0.25, -0.2) is 0 Å². The lowest BCUT2D eigenvalue weighted by atomic mass is 10.2. The number of ketones is 1. The number of carbonyl (C=O) groups is 1. The van der Waals surface area contributed by atoms with Crippen LogP contribution in [0.15, 0.2) is 12.1 Å². The van der Waals surface area contributed by atoms with Crippen LogP contribution in [0.3, 0.4) is 0 Å². The number of Topliss-reactive ketones (excluding diaryl/α,β-unsaturated/α-hetero) is 1. The number of hydrogen-bond acceptors (Lipinski definition) is 4. The Balaban J connectivity index is 2.59. The van der Waals surface area contributed by atoms with Crippen LogP contribution in [0.5, 0.6) is 0 Å². The van der Waals surface area contributed by atoms with Gasteiger partial charge in [0.2, 0.25) is 0 Å². The quantitative estimate of drug-likeness (QED) is 0.717. The van der Waals surface area contributed by atoms with E-state index in [-0.39, 0.29) is 11.8 Å². The van der Waals surface area contributed by atoms with E-state index < -0.39 is 0 Å². The number of hydrogen-bond donors (Lipinski definition) is 0. The SMILES string of the molecule is CCN(CC(=O)c1ccc(Cl)s1)C(C)COC. The van der Waals surface area contributed by atoms with Crippen molar-refractivity contribution in [2.24, 2.45) is 0 Å². The molecular weight excluding hydrogens is 258 g/mol. The normalized spacial score (nSPS) is 13.0. The Hall–Kier alpha value is -0.420. The molecule has 0 spiro atoms. The van der Waals surface area contributed by atoms with Crippen molar-refractivity contribution in [3.8, 4) is 0 Å². The number of likely N-dealkylation sites (N-methyl/N-ethyl adjacent to an activating group) is 1. The number of carbonyl (C=O) groups excluding carboxylic acids is 1. The standard InChI is InChI=1S/C12H18ClNO2S/c1-4-14(9(2)8-16-3)7-10(15)11-5-6-12(13)17-11/h5-6,9H,4,7-8H2,1-3H3. The highest BCUT2D eigenvalue weighted by Crippen LogP contribution is 2.22. The van der Waals surface area contributed by atoms with Crippen molar-refractivity contribution in [3.63, 3.8) is 0 Å². The van der Waals surface area contributed by atoms with Crippen LogP contribution in [0.25, 0.3) is 0 Å². The van der Waals surface area contributed by atoms with Gasteiger partial charge in [-0.15, -0.1) is 11.3 Å². The monoisotopic (exact) mass is 275 g/mol. The number of ether oxygens (including phenoxy) is 1. The molecule has 0 radical (unpaired) electrons. The van der Waals surface area contributed by atoms with Crippen molar-refractivity contribution in [1.82, 2.24) is 4.90 Å². The summed E-state index contributed by atoms with van der Waals surface area (Å²) in [5.41, 5.74) is 0. The van der Waals surface area contributed by atoms with E-state index in [9.17, 15) is 4.79 Å². The third-order valence-corrected chi connectivity index (χ3v) is 3.90. The highest BCUT2D eigenvalue weighted by Gasteiger charge is 2.17. The zero-order valence-corrected chi connectivity index (χ0v) is 12.0. The molecule has 1 aromatic heterocycles. The van der Waals surface area contributed by atoms with Crippen molar-refractivity contribution in [2.45, 2.75) is 19.9 Å². The third-order valence-electron chi connectivity index (χ3n) is 2.63. The lowest BCUT2D eigenvalue weighted by Gasteiger charge is -2.26. The molecule has 1 aromatic rings. The fraction of sp³-hybridized carbons (Fsp3) is 0.583. The predicted molar refractivity (Wildman–Crippen MR) is 72.2 cm³/mol. The molecule has 0 bridgehead atoms. The van der Waals surface area contributed by atoms with Gasteiger partial charge in [0, 0.05) is 13.2 Å². The number of methoxy groups -OCH3 is 1. The minimum absolute atomic E-state index is 0.117. The first-order valence-electron chi connectivity index (χ1n) is 5.60. The number of halogens is 1. The molecule has 1 rings (SSSR count). The second kappa shape index (κ2) is 7.11. The van der Waals surface area contributed by atoms with Crippen LogP contribution in [0, 0.1) is 0 Å². The van der Waals surface area contributed by atoms with Crippen molar-refractivity contribution < 1.29 is 9.53 Å². The van der Waals surface area contributed by atoms with Gasteiger partial charge in [-0.05, 0) is 25.6 Å². The fourth-order valence-corrected chi connectivity index (χ4v) is 2.63. The Kier molecular flexibility index (Phi) is 6.12. The first kappa shape index (κ1) is 14.6. The summed E-state index contributed by atoms with van der Waals surface area (Å²) < 4.78 is 5.76. The molecule has 0 amide bonds. The Morgan fingerprint density at radius 1 is 1.59 bits per heavy atom. The summed E-state index contributed by atoms with van der Waals surface area (Å²) in [5, 5.41) is 0. The summed E-state index contributed by atoms with van der Waals surface area (Å²) in [4.78, 5) is 14.8. The molecule has 0 aliphatic rings. The van der Waals surface area contributed by atoms with Gasteiger partial charge in [0.15, 0.2) is 5.78 Å². The largest absolute Gasteiger partial charge is 0.383 e. The summed E-state index contributed by atoms with van der Waals surface area (Å²) >= 11 is 7.15. The second-order valence-electron chi connectivity index (χ2n) is 3.89. The third kappa shape index (κ3) is 4.39. The molecule has 96 valence electrons. The van der Waals surface area contributed by atoms with E-state index in [1.165, 1.54) is 11.3 Å². The van der Waals surface area contributed by atoms with Gasteiger partial charge in [0.05, 0.1) is 22.4 Å². The number of nitrogens with zero attached hydrogens (tertiary/aromatic N) is 1. The maximum atomic E-state index is 12.0. The van der Waals surface area contributed by atoms with Crippen LogP contribution in [0.4, 0.5) is 0 Å². The summed E-state index contributed by atoms with van der Waals surface area (Å²) in [6.07, 6.45) is 0. The molecule has 0 saturated heterocycles. The Labute approximate surface area is 111 Å². The fourth-order valence-electron chi connectivity index (χ4n) is 1.65. The Bertz CT molecular complexity index is 367. The molecule has 1 atom stereocenters. The average Bonchev–Trinajstić information content (AvgIpc) is 2.72. The van der Waals surface area contributed by atoms with Gasteiger partial charge in [-0.3, -0.25) is 9.69 Å². The maximum Gasteiger partial charge on any atom is 0.186 e. The lowest BCUT2D eigenvalue weighted by Crippen LogP contribution is -2.39. The Morgan fingerprint density at radius 2 is 2.29 bits per heavy atom. The zero-order chi connectivity index (χ0) is 12.8. The summed E-state index contributed by atoms with van der Waals surface area (Å²) in [7, 11) is 1.67. The van der Waals surface area contributed by atoms with Gasteiger partial charge in [-0.1, -0.05) is 18.5 Å². The van der Waals surface area contributed by atoms with Crippen LogP contribution >= 0.6 is 22.9 Å². The van der Waals surface area contributed by atoms with Gasteiger partial charge in [0.1, 0.15) is 0 Å². The van der Waals surface area contributed by atoms with E-state index >= 15 is 0 Å². The van der Waals surface area contributed by atoms with Crippen LogP contribution in [0.2, 0.25) is 4.34 Å². The van der Waals surface area contributed by atoms with Crippen LogP contribution in [-0.4, -0.2) is 43.5 Å². The van der Waals surface area contributed by atoms with E-state index in [0.29, 0.717) is 17.5 Å². The van der Waals surface area contributed by atoms with Gasteiger partial charge in [-0.2, -0.15) is 0 Å². The minimum atomic E-state index is 0.117. The Morgan fingerprint density at radius 3 is 2.76 bits per heavy atom. The average molecular weight is 276 g/mol. The molecule has 0 aliphatic heterocycles. The molecular formula is C12H18ClNO2S. The first-order chi connectivity index (χ1) is 8.08.